The fraction of sp³-hybridized carbons (Fsp3) is 1.00. The zero-order valence-electron chi connectivity index (χ0n) is 14.6. The van der Waals surface area contributed by atoms with Gasteiger partial charge in [0.05, 0.1) is 24.9 Å². The third-order valence-electron chi connectivity index (χ3n) is 5.86. The molecule has 6 atom stereocenters. The van der Waals surface area contributed by atoms with Gasteiger partial charge in [-0.15, -0.1) is 0 Å². The van der Waals surface area contributed by atoms with Crippen molar-refractivity contribution in [3.63, 3.8) is 0 Å². The van der Waals surface area contributed by atoms with E-state index in [0.29, 0.717) is 12.5 Å². The van der Waals surface area contributed by atoms with Gasteiger partial charge in [0.25, 0.3) is 0 Å². The van der Waals surface area contributed by atoms with Gasteiger partial charge in [-0.3, -0.25) is 4.90 Å². The van der Waals surface area contributed by atoms with Crippen LogP contribution in [0.15, 0.2) is 0 Å². The topological polar surface area (TPSA) is 104 Å². The number of hydrogen-bond acceptors (Lipinski definition) is 6. The molecule has 1 aliphatic carbocycles. The molecule has 6 heteroatoms. The van der Waals surface area contributed by atoms with E-state index in [1.165, 1.54) is 6.42 Å². The molecule has 5 N–H and O–H groups in total. The molecule has 0 aromatic carbocycles. The van der Waals surface area contributed by atoms with Crippen molar-refractivity contribution in [2.75, 3.05) is 19.7 Å². The highest BCUT2D eigenvalue weighted by molar-refractivity contribution is 4.94. The van der Waals surface area contributed by atoms with Crippen molar-refractivity contribution in [1.82, 2.24) is 4.90 Å². The third kappa shape index (κ3) is 5.38. The highest BCUT2D eigenvalue weighted by atomic mass is 16.4. The monoisotopic (exact) mass is 345 g/mol. The van der Waals surface area contributed by atoms with E-state index in [0.717, 1.165) is 51.4 Å². The van der Waals surface area contributed by atoms with E-state index in [4.69, 9.17) is 0 Å². The van der Waals surface area contributed by atoms with Crippen molar-refractivity contribution < 1.29 is 25.5 Å². The largest absolute Gasteiger partial charge is 0.395 e. The average molecular weight is 345 g/mol. The molecule has 6 nitrogen and oxygen atoms in total. The fourth-order valence-electron chi connectivity index (χ4n) is 4.24. The van der Waals surface area contributed by atoms with Gasteiger partial charge in [-0.1, -0.05) is 32.1 Å². The Balaban J connectivity index is 1.61. The van der Waals surface area contributed by atoms with Crippen LogP contribution in [0.4, 0.5) is 0 Å². The normalized spacial score (nSPS) is 38.4. The molecule has 2 unspecified atom stereocenters. The third-order valence-corrected chi connectivity index (χ3v) is 5.86. The molecule has 24 heavy (non-hydrogen) atoms. The summed E-state index contributed by atoms with van der Waals surface area (Å²) in [6.07, 6.45) is 6.53. The highest BCUT2D eigenvalue weighted by Crippen LogP contribution is 2.28. The standard InChI is InChI=1S/C18H35NO5/c20-12-14-17(23)18(24)16(22)11-19(14)10-6-2-1-3-7-13-8-4-5-9-15(13)21/h13-18,20-24H,1-12H2/t13?,14-,15?,16+,17-,18-/m1/s1. The average Bonchev–Trinajstić information content (AvgIpc) is 2.57. The van der Waals surface area contributed by atoms with Crippen LogP contribution in [0.2, 0.25) is 0 Å². The van der Waals surface area contributed by atoms with Gasteiger partial charge in [-0.05, 0) is 38.1 Å². The van der Waals surface area contributed by atoms with E-state index in [9.17, 15) is 25.5 Å². The predicted octanol–water partition coefficient (Wildman–Crippen LogP) is 0.247. The molecule has 2 fully saturated rings. The Labute approximate surface area is 145 Å². The predicted molar refractivity (Wildman–Crippen MR) is 91.5 cm³/mol. The number of unbranched alkanes of at least 4 members (excludes halogenated alkanes) is 3. The van der Waals surface area contributed by atoms with Crippen LogP contribution in [-0.2, 0) is 0 Å². The minimum atomic E-state index is -1.18. The molecular weight excluding hydrogens is 310 g/mol. The summed E-state index contributed by atoms with van der Waals surface area (Å²) in [5.74, 6) is 0.478. The van der Waals surface area contributed by atoms with Gasteiger partial charge in [0, 0.05) is 6.54 Å². The second-order valence-corrected chi connectivity index (χ2v) is 7.61. The first kappa shape index (κ1) is 20.1. The Morgan fingerprint density at radius 2 is 1.50 bits per heavy atom. The summed E-state index contributed by atoms with van der Waals surface area (Å²) >= 11 is 0. The number of hydrogen-bond donors (Lipinski definition) is 5. The van der Waals surface area contributed by atoms with E-state index in [1.807, 2.05) is 4.90 Å². The van der Waals surface area contributed by atoms with E-state index < -0.39 is 24.4 Å². The number of rotatable bonds is 8. The number of likely N-dealkylation sites (tertiary alicyclic amines) is 1. The van der Waals surface area contributed by atoms with E-state index in [2.05, 4.69) is 0 Å². The minimum absolute atomic E-state index is 0.105. The van der Waals surface area contributed by atoms with Crippen molar-refractivity contribution in [2.45, 2.75) is 88.2 Å². The Morgan fingerprint density at radius 1 is 0.792 bits per heavy atom. The molecule has 1 saturated carbocycles. The molecule has 0 amide bonds. The van der Waals surface area contributed by atoms with Crippen LogP contribution < -0.4 is 0 Å². The quantitative estimate of drug-likeness (QED) is 0.404. The number of aliphatic hydroxyl groups is 5. The van der Waals surface area contributed by atoms with Crippen molar-refractivity contribution in [3.8, 4) is 0 Å². The van der Waals surface area contributed by atoms with E-state index >= 15 is 0 Å². The highest BCUT2D eigenvalue weighted by Gasteiger charge is 2.40. The van der Waals surface area contributed by atoms with Gasteiger partial charge in [-0.2, -0.15) is 0 Å². The molecule has 0 aromatic rings. The molecule has 1 aliphatic heterocycles. The second-order valence-electron chi connectivity index (χ2n) is 7.61. The Kier molecular flexibility index (Phi) is 8.40. The maximum absolute atomic E-state index is 9.97. The molecule has 1 heterocycles. The fourth-order valence-corrected chi connectivity index (χ4v) is 4.24. The molecular formula is C18H35NO5. The van der Waals surface area contributed by atoms with E-state index in [1.54, 1.807) is 0 Å². The maximum atomic E-state index is 9.97. The van der Waals surface area contributed by atoms with Crippen LogP contribution in [0.3, 0.4) is 0 Å². The summed E-state index contributed by atoms with van der Waals surface area (Å²) in [5, 5.41) is 48.8. The molecule has 2 aliphatic rings. The molecule has 1 saturated heterocycles. The number of piperidine rings is 1. The molecule has 0 aromatic heterocycles. The molecule has 0 bridgehead atoms. The van der Waals surface area contributed by atoms with Gasteiger partial charge >= 0.3 is 0 Å². The number of β-amino-alcohol motifs (C(OH)–C–C–N with tert-alkyl or cyclic N) is 1. The molecule has 142 valence electrons. The maximum Gasteiger partial charge on any atom is 0.109 e. The second kappa shape index (κ2) is 10.0. The van der Waals surface area contributed by atoms with E-state index in [-0.39, 0.29) is 19.3 Å². The van der Waals surface area contributed by atoms with Crippen molar-refractivity contribution in [2.24, 2.45) is 5.92 Å². The summed E-state index contributed by atoms with van der Waals surface area (Å²) in [6.45, 7) is 0.778. The lowest BCUT2D eigenvalue weighted by Gasteiger charge is -2.43. The van der Waals surface area contributed by atoms with Crippen LogP contribution in [0.5, 0.6) is 0 Å². The summed E-state index contributed by atoms with van der Waals surface area (Å²) in [7, 11) is 0. The van der Waals surface area contributed by atoms with Gasteiger partial charge < -0.3 is 25.5 Å². The number of nitrogens with zero attached hydrogens (tertiary/aromatic N) is 1. The van der Waals surface area contributed by atoms with Gasteiger partial charge in [-0.25, -0.2) is 0 Å². The van der Waals surface area contributed by atoms with Crippen LogP contribution >= 0.6 is 0 Å². The zero-order chi connectivity index (χ0) is 17.5. The number of aliphatic hydroxyl groups excluding tert-OH is 5. The van der Waals surface area contributed by atoms with Crippen molar-refractivity contribution in [1.29, 1.82) is 0 Å². The van der Waals surface area contributed by atoms with Crippen LogP contribution in [0.25, 0.3) is 0 Å². The van der Waals surface area contributed by atoms with Crippen molar-refractivity contribution in [3.05, 3.63) is 0 Å². The van der Waals surface area contributed by atoms with Crippen LogP contribution in [0.1, 0.15) is 57.8 Å². The lowest BCUT2D eigenvalue weighted by molar-refractivity contribution is -0.145. The van der Waals surface area contributed by atoms with Gasteiger partial charge in [0.15, 0.2) is 0 Å². The lowest BCUT2D eigenvalue weighted by Crippen LogP contribution is -2.62. The van der Waals surface area contributed by atoms with Gasteiger partial charge in [0.2, 0.25) is 0 Å². The van der Waals surface area contributed by atoms with Crippen LogP contribution in [0, 0.1) is 5.92 Å². The zero-order valence-corrected chi connectivity index (χ0v) is 14.6. The first-order valence-electron chi connectivity index (χ1n) is 9.61. The smallest absolute Gasteiger partial charge is 0.109 e. The van der Waals surface area contributed by atoms with Gasteiger partial charge in [0.1, 0.15) is 12.2 Å². The summed E-state index contributed by atoms with van der Waals surface area (Å²) < 4.78 is 0. The lowest BCUT2D eigenvalue weighted by atomic mass is 9.83. The summed E-state index contributed by atoms with van der Waals surface area (Å²) in [5.41, 5.74) is 0. The first-order valence-corrected chi connectivity index (χ1v) is 9.61. The summed E-state index contributed by atoms with van der Waals surface area (Å²) in [4.78, 5) is 1.88. The Morgan fingerprint density at radius 3 is 2.21 bits per heavy atom. The summed E-state index contributed by atoms with van der Waals surface area (Å²) in [6, 6.07) is -0.499. The Bertz CT molecular complexity index is 356. The molecule has 0 spiro atoms. The van der Waals surface area contributed by atoms with Crippen LogP contribution in [-0.4, -0.2) is 80.6 Å². The molecule has 0 radical (unpaired) electrons. The minimum Gasteiger partial charge on any atom is -0.395 e. The Hall–Kier alpha value is -0.240. The first-order chi connectivity index (χ1) is 11.5. The molecule has 2 rings (SSSR count). The van der Waals surface area contributed by atoms with Crippen molar-refractivity contribution >= 4 is 0 Å². The SMILES string of the molecule is OC[C@@H]1[C@@H](O)[C@H](O)[C@@H](O)CN1CCCCCCC1CCCCC1O.